The number of hydrogen-bond donors (Lipinski definition) is 1. The maximum atomic E-state index is 11.9. The zero-order chi connectivity index (χ0) is 16.1. The lowest BCUT2D eigenvalue weighted by molar-refractivity contribution is -0.135. The molecule has 23 heavy (non-hydrogen) atoms. The molecule has 1 saturated carbocycles. The summed E-state index contributed by atoms with van der Waals surface area (Å²) in [6.07, 6.45) is 5.19. The Bertz CT molecular complexity index is 658. The Labute approximate surface area is 139 Å². The first-order valence-electron chi connectivity index (χ1n) is 7.86. The molecule has 0 atom stereocenters. The maximum absolute atomic E-state index is 11.9. The summed E-state index contributed by atoms with van der Waals surface area (Å²) < 4.78 is 5.36. The van der Waals surface area contributed by atoms with Crippen LogP contribution in [-0.2, 0) is 4.79 Å². The van der Waals surface area contributed by atoms with Crippen molar-refractivity contribution in [2.75, 3.05) is 5.32 Å². The summed E-state index contributed by atoms with van der Waals surface area (Å²) in [6.45, 7) is 0. The van der Waals surface area contributed by atoms with Crippen LogP contribution in [0.25, 0.3) is 0 Å². The Hall–Kier alpha value is -2.14. The van der Waals surface area contributed by atoms with E-state index in [9.17, 15) is 9.59 Å². The highest BCUT2D eigenvalue weighted by molar-refractivity contribution is 7.12. The molecule has 0 spiro atoms. The van der Waals surface area contributed by atoms with Crippen molar-refractivity contribution < 1.29 is 14.3 Å². The van der Waals surface area contributed by atoms with E-state index >= 15 is 0 Å². The number of hydrogen-bond acceptors (Lipinski definition) is 4. The van der Waals surface area contributed by atoms with Gasteiger partial charge in [0, 0.05) is 12.1 Å². The van der Waals surface area contributed by atoms with Crippen LogP contribution < -0.4 is 10.1 Å². The third-order valence-corrected chi connectivity index (χ3v) is 4.89. The normalized spacial score (nSPS) is 14.6. The van der Waals surface area contributed by atoms with Gasteiger partial charge in [-0.2, -0.15) is 0 Å². The molecule has 1 amide bonds. The van der Waals surface area contributed by atoms with Crippen molar-refractivity contribution in [1.29, 1.82) is 0 Å². The second-order valence-electron chi connectivity index (χ2n) is 5.78. The lowest BCUT2D eigenvalue weighted by Crippen LogP contribution is -2.12. The van der Waals surface area contributed by atoms with Gasteiger partial charge in [-0.15, -0.1) is 11.3 Å². The molecule has 1 aromatic carbocycles. The van der Waals surface area contributed by atoms with Crippen LogP contribution >= 0.6 is 11.3 Å². The smallest absolute Gasteiger partial charge is 0.311 e. The Morgan fingerprint density at radius 3 is 2.52 bits per heavy atom. The molecule has 2 aromatic rings. The van der Waals surface area contributed by atoms with E-state index in [4.69, 9.17) is 4.74 Å². The number of nitrogens with one attached hydrogen (secondary N) is 1. The van der Waals surface area contributed by atoms with E-state index in [1.165, 1.54) is 24.2 Å². The number of carbonyl (C=O) groups is 2. The number of ether oxygens (including phenoxy) is 1. The summed E-state index contributed by atoms with van der Waals surface area (Å²) in [5, 5.41) is 4.68. The third-order valence-electron chi connectivity index (χ3n) is 4.02. The van der Waals surface area contributed by atoms with Crippen LogP contribution in [0.1, 0.15) is 41.8 Å². The predicted octanol–water partition coefficient (Wildman–Crippen LogP) is 4.49. The SMILES string of the molecule is O=C(CC1CCCC1)Oc1ccc(NC(=O)c2cccs2)cc1. The van der Waals surface area contributed by atoms with Crippen LogP contribution in [0.3, 0.4) is 0 Å². The molecule has 0 unspecified atom stereocenters. The zero-order valence-electron chi connectivity index (χ0n) is 12.8. The van der Waals surface area contributed by atoms with Crippen LogP contribution in [0.5, 0.6) is 5.75 Å². The molecule has 0 aliphatic heterocycles. The summed E-state index contributed by atoms with van der Waals surface area (Å²) >= 11 is 1.40. The quantitative estimate of drug-likeness (QED) is 0.650. The molecule has 120 valence electrons. The molecule has 1 aliphatic rings. The number of carbonyl (C=O) groups excluding carboxylic acids is 2. The van der Waals surface area contributed by atoms with Gasteiger partial charge in [-0.3, -0.25) is 9.59 Å². The molecule has 3 rings (SSSR count). The Balaban J connectivity index is 1.52. The second kappa shape index (κ2) is 7.42. The highest BCUT2D eigenvalue weighted by Crippen LogP contribution is 2.28. The average molecular weight is 329 g/mol. The van der Waals surface area contributed by atoms with Crippen LogP contribution in [0.2, 0.25) is 0 Å². The van der Waals surface area contributed by atoms with E-state index in [0.29, 0.717) is 28.7 Å². The van der Waals surface area contributed by atoms with E-state index in [0.717, 1.165) is 12.8 Å². The van der Waals surface area contributed by atoms with Crippen molar-refractivity contribution in [2.24, 2.45) is 5.92 Å². The van der Waals surface area contributed by atoms with Gasteiger partial charge < -0.3 is 10.1 Å². The number of amides is 1. The fourth-order valence-corrected chi connectivity index (χ4v) is 3.45. The molecular formula is C18H19NO3S. The summed E-state index contributed by atoms with van der Waals surface area (Å²) in [5.74, 6) is 0.687. The summed E-state index contributed by atoms with van der Waals surface area (Å²) in [4.78, 5) is 24.5. The largest absolute Gasteiger partial charge is 0.427 e. The van der Waals surface area contributed by atoms with Gasteiger partial charge in [0.25, 0.3) is 5.91 Å². The number of benzene rings is 1. The molecule has 1 heterocycles. The van der Waals surface area contributed by atoms with Crippen LogP contribution in [-0.4, -0.2) is 11.9 Å². The van der Waals surface area contributed by atoms with E-state index in [1.54, 1.807) is 30.3 Å². The first-order valence-corrected chi connectivity index (χ1v) is 8.74. The Kier molecular flexibility index (Phi) is 5.08. The summed E-state index contributed by atoms with van der Waals surface area (Å²) in [7, 11) is 0. The highest BCUT2D eigenvalue weighted by Gasteiger charge is 2.19. The minimum atomic E-state index is -0.174. The topological polar surface area (TPSA) is 55.4 Å². The first-order chi connectivity index (χ1) is 11.2. The van der Waals surface area contributed by atoms with Crippen molar-refractivity contribution in [3.05, 3.63) is 46.7 Å². The van der Waals surface area contributed by atoms with E-state index < -0.39 is 0 Å². The van der Waals surface area contributed by atoms with Crippen LogP contribution in [0.4, 0.5) is 5.69 Å². The monoisotopic (exact) mass is 329 g/mol. The van der Waals surface area contributed by atoms with Gasteiger partial charge >= 0.3 is 5.97 Å². The van der Waals surface area contributed by atoms with Crippen LogP contribution in [0, 0.1) is 5.92 Å². The average Bonchev–Trinajstić information content (AvgIpc) is 3.22. The van der Waals surface area contributed by atoms with Crippen molar-refractivity contribution in [2.45, 2.75) is 32.1 Å². The summed E-state index contributed by atoms with van der Waals surface area (Å²) in [6, 6.07) is 10.5. The van der Waals surface area contributed by atoms with E-state index in [2.05, 4.69) is 5.32 Å². The lowest BCUT2D eigenvalue weighted by atomic mass is 10.0. The minimum absolute atomic E-state index is 0.133. The molecule has 5 heteroatoms. The number of esters is 1. The van der Waals surface area contributed by atoms with Crippen molar-refractivity contribution >= 4 is 28.9 Å². The molecule has 1 aliphatic carbocycles. The van der Waals surface area contributed by atoms with Gasteiger partial charge in [-0.25, -0.2) is 0 Å². The van der Waals surface area contributed by atoms with Gasteiger partial charge in [0.2, 0.25) is 0 Å². The standard InChI is InChI=1S/C18H19NO3S/c20-17(12-13-4-1-2-5-13)22-15-9-7-14(8-10-15)19-18(21)16-6-3-11-23-16/h3,6-11,13H,1-2,4-5,12H2,(H,19,21). The van der Waals surface area contributed by atoms with Crippen molar-refractivity contribution in [1.82, 2.24) is 0 Å². The highest BCUT2D eigenvalue weighted by atomic mass is 32.1. The lowest BCUT2D eigenvalue weighted by Gasteiger charge is -2.09. The van der Waals surface area contributed by atoms with Gasteiger partial charge in [0.15, 0.2) is 0 Å². The van der Waals surface area contributed by atoms with Crippen molar-refractivity contribution in [3.8, 4) is 5.75 Å². The van der Waals surface area contributed by atoms with Gasteiger partial charge in [0.1, 0.15) is 5.75 Å². The second-order valence-corrected chi connectivity index (χ2v) is 6.73. The molecule has 0 bridgehead atoms. The van der Waals surface area contributed by atoms with Crippen molar-refractivity contribution in [3.63, 3.8) is 0 Å². The predicted molar refractivity (Wildman–Crippen MR) is 90.9 cm³/mol. The minimum Gasteiger partial charge on any atom is -0.427 e. The van der Waals surface area contributed by atoms with Gasteiger partial charge in [-0.05, 0) is 54.5 Å². The molecule has 1 aromatic heterocycles. The maximum Gasteiger partial charge on any atom is 0.311 e. The Morgan fingerprint density at radius 1 is 1.13 bits per heavy atom. The number of anilines is 1. The first kappa shape index (κ1) is 15.7. The number of thiophene rings is 1. The van der Waals surface area contributed by atoms with Gasteiger partial charge in [0.05, 0.1) is 4.88 Å². The van der Waals surface area contributed by atoms with E-state index in [1.807, 2.05) is 11.4 Å². The zero-order valence-corrected chi connectivity index (χ0v) is 13.6. The molecule has 4 nitrogen and oxygen atoms in total. The molecule has 1 fully saturated rings. The molecule has 1 N–H and O–H groups in total. The third kappa shape index (κ3) is 4.42. The Morgan fingerprint density at radius 2 is 1.87 bits per heavy atom. The van der Waals surface area contributed by atoms with Crippen LogP contribution in [0.15, 0.2) is 41.8 Å². The van der Waals surface area contributed by atoms with Gasteiger partial charge in [-0.1, -0.05) is 18.9 Å². The molecular weight excluding hydrogens is 310 g/mol. The fourth-order valence-electron chi connectivity index (χ4n) is 2.83. The molecule has 0 radical (unpaired) electrons. The fraction of sp³-hybridized carbons (Fsp3) is 0.333. The summed E-state index contributed by atoms with van der Waals surface area (Å²) in [5.41, 5.74) is 0.680. The number of rotatable bonds is 5. The van der Waals surface area contributed by atoms with E-state index in [-0.39, 0.29) is 11.9 Å². The molecule has 0 saturated heterocycles.